The maximum absolute atomic E-state index is 6.37. The van der Waals surface area contributed by atoms with Gasteiger partial charge in [-0.3, -0.25) is 0 Å². The summed E-state index contributed by atoms with van der Waals surface area (Å²) in [7, 11) is 1.55. The van der Waals surface area contributed by atoms with Crippen LogP contribution in [0.25, 0.3) is 0 Å². The largest absolute Gasteiger partial charge is 0.481 e. The Morgan fingerprint density at radius 1 is 1.26 bits per heavy atom. The van der Waals surface area contributed by atoms with Gasteiger partial charge in [0.05, 0.1) is 22.5 Å². The maximum atomic E-state index is 6.37. The van der Waals surface area contributed by atoms with Crippen molar-refractivity contribution >= 4 is 34.8 Å². The van der Waals surface area contributed by atoms with E-state index >= 15 is 0 Å². The third-order valence-corrected chi connectivity index (χ3v) is 3.84. The molecule has 0 fully saturated rings. The first-order valence-electron chi connectivity index (χ1n) is 5.54. The fraction of sp³-hybridized carbons (Fsp3) is 0.231. The smallest absolute Gasteiger partial charge is 0.216 e. The van der Waals surface area contributed by atoms with Gasteiger partial charge in [0.1, 0.15) is 6.33 Å². The van der Waals surface area contributed by atoms with Crippen LogP contribution in [0.5, 0.6) is 5.88 Å². The van der Waals surface area contributed by atoms with Crippen molar-refractivity contribution in [1.29, 1.82) is 0 Å². The molecule has 0 saturated heterocycles. The maximum Gasteiger partial charge on any atom is 0.216 e. The van der Waals surface area contributed by atoms with E-state index in [9.17, 15) is 0 Å². The van der Waals surface area contributed by atoms with Crippen molar-refractivity contribution in [2.45, 2.75) is 11.8 Å². The zero-order valence-corrected chi connectivity index (χ0v) is 12.4. The van der Waals surface area contributed by atoms with Gasteiger partial charge in [-0.2, -0.15) is 0 Å². The molecule has 0 bridgehead atoms. The van der Waals surface area contributed by atoms with Crippen molar-refractivity contribution in [3.8, 4) is 5.88 Å². The Morgan fingerprint density at radius 3 is 2.79 bits per heavy atom. The minimum absolute atomic E-state index is 0.314. The van der Waals surface area contributed by atoms with Crippen molar-refractivity contribution in [2.24, 2.45) is 0 Å². The Bertz CT molecular complexity index is 578. The van der Waals surface area contributed by atoms with E-state index < -0.39 is 0 Å². The van der Waals surface area contributed by atoms with Gasteiger partial charge in [-0.05, 0) is 11.6 Å². The Kier molecular flexibility index (Phi) is 4.86. The summed E-state index contributed by atoms with van der Waals surface area (Å²) >= 11 is 18.5. The van der Waals surface area contributed by atoms with E-state index in [4.69, 9.17) is 39.5 Å². The molecule has 1 aromatic carbocycles. The molecule has 0 aliphatic heterocycles. The van der Waals surface area contributed by atoms with Gasteiger partial charge in [-0.25, -0.2) is 9.97 Å². The molecule has 19 heavy (non-hydrogen) atoms. The third kappa shape index (κ3) is 3.50. The van der Waals surface area contributed by atoms with Crippen molar-refractivity contribution in [2.75, 3.05) is 7.11 Å². The first kappa shape index (κ1) is 14.4. The van der Waals surface area contributed by atoms with Crippen molar-refractivity contribution < 1.29 is 4.74 Å². The molecule has 0 radical (unpaired) electrons. The number of hydrogen-bond acceptors (Lipinski definition) is 3. The minimum Gasteiger partial charge on any atom is -0.481 e. The molecule has 1 atom stereocenters. The predicted molar refractivity (Wildman–Crippen MR) is 77.3 cm³/mol. The van der Waals surface area contributed by atoms with Crippen molar-refractivity contribution in [3.05, 3.63) is 51.9 Å². The molecule has 100 valence electrons. The topological polar surface area (TPSA) is 35.0 Å². The molecule has 2 rings (SSSR count). The van der Waals surface area contributed by atoms with Gasteiger partial charge in [0.2, 0.25) is 5.88 Å². The molecule has 1 aromatic heterocycles. The highest BCUT2D eigenvalue weighted by Gasteiger charge is 2.15. The Labute approximate surface area is 126 Å². The van der Waals surface area contributed by atoms with Gasteiger partial charge < -0.3 is 4.74 Å². The fourth-order valence-electron chi connectivity index (χ4n) is 1.66. The third-order valence-electron chi connectivity index (χ3n) is 2.62. The average Bonchev–Trinajstić information content (AvgIpc) is 2.42. The van der Waals surface area contributed by atoms with Gasteiger partial charge in [0.15, 0.2) is 0 Å². The Balaban J connectivity index is 2.20. The van der Waals surface area contributed by atoms with Crippen LogP contribution in [-0.4, -0.2) is 17.1 Å². The summed E-state index contributed by atoms with van der Waals surface area (Å²) < 4.78 is 5.04. The molecule has 6 heteroatoms. The molecule has 0 aliphatic carbocycles. The highest BCUT2D eigenvalue weighted by molar-refractivity contribution is 6.43. The summed E-state index contributed by atoms with van der Waals surface area (Å²) in [5.41, 5.74) is 1.57. The monoisotopic (exact) mass is 316 g/mol. The van der Waals surface area contributed by atoms with Crippen LogP contribution >= 0.6 is 34.8 Å². The van der Waals surface area contributed by atoms with E-state index in [2.05, 4.69) is 9.97 Å². The van der Waals surface area contributed by atoms with E-state index in [-0.39, 0.29) is 5.38 Å². The highest BCUT2D eigenvalue weighted by Crippen LogP contribution is 2.34. The number of benzene rings is 1. The highest BCUT2D eigenvalue weighted by atomic mass is 35.5. The summed E-state index contributed by atoms with van der Waals surface area (Å²) in [6.07, 6.45) is 1.96. The predicted octanol–water partition coefficient (Wildman–Crippen LogP) is 4.31. The quantitative estimate of drug-likeness (QED) is 0.788. The second-order valence-electron chi connectivity index (χ2n) is 3.87. The van der Waals surface area contributed by atoms with Gasteiger partial charge in [0, 0.05) is 18.2 Å². The second-order valence-corrected chi connectivity index (χ2v) is 5.18. The number of ether oxygens (including phenoxy) is 1. The molecule has 0 aliphatic rings. The van der Waals surface area contributed by atoms with Gasteiger partial charge >= 0.3 is 0 Å². The lowest BCUT2D eigenvalue weighted by Crippen LogP contribution is -2.00. The Hall–Kier alpha value is -1.03. The van der Waals surface area contributed by atoms with E-state index in [1.165, 1.54) is 6.33 Å². The van der Waals surface area contributed by atoms with E-state index in [1.807, 2.05) is 12.1 Å². The molecule has 0 saturated carbocycles. The summed E-state index contributed by atoms with van der Waals surface area (Å²) in [5.74, 6) is 0.506. The molecule has 2 aromatic rings. The SMILES string of the molecule is COc1cc(CC(Cl)c2cccc(Cl)c2Cl)ncn1. The standard InChI is InChI=1S/C13H11Cl3N2O/c1-19-12-6-8(17-7-18-12)5-11(15)9-3-2-4-10(14)13(9)16/h2-4,6-7,11H,5H2,1H3. The Morgan fingerprint density at radius 2 is 2.05 bits per heavy atom. The zero-order chi connectivity index (χ0) is 13.8. The lowest BCUT2D eigenvalue weighted by Gasteiger charge is -2.12. The molecule has 0 spiro atoms. The number of aromatic nitrogens is 2. The first-order valence-corrected chi connectivity index (χ1v) is 6.74. The summed E-state index contributed by atoms with van der Waals surface area (Å²) in [6.45, 7) is 0. The normalized spacial score (nSPS) is 12.2. The number of nitrogens with zero attached hydrogens (tertiary/aromatic N) is 2. The first-order chi connectivity index (χ1) is 9.11. The molecular weight excluding hydrogens is 307 g/mol. The summed E-state index contributed by atoms with van der Waals surface area (Å²) in [4.78, 5) is 8.10. The van der Waals surface area contributed by atoms with Crippen molar-refractivity contribution in [1.82, 2.24) is 9.97 Å². The van der Waals surface area contributed by atoms with E-state index in [1.54, 1.807) is 19.2 Å². The number of rotatable bonds is 4. The van der Waals surface area contributed by atoms with Crippen LogP contribution in [0.3, 0.4) is 0 Å². The number of methoxy groups -OCH3 is 1. The lowest BCUT2D eigenvalue weighted by atomic mass is 10.1. The van der Waals surface area contributed by atoms with Gasteiger partial charge in [0.25, 0.3) is 0 Å². The van der Waals surface area contributed by atoms with Gasteiger partial charge in [-0.15, -0.1) is 11.6 Å². The van der Waals surface area contributed by atoms with Crippen LogP contribution < -0.4 is 4.74 Å². The number of halogens is 3. The molecule has 1 unspecified atom stereocenters. The van der Waals surface area contributed by atoms with Crippen LogP contribution in [-0.2, 0) is 6.42 Å². The van der Waals surface area contributed by atoms with Crippen molar-refractivity contribution in [3.63, 3.8) is 0 Å². The number of hydrogen-bond donors (Lipinski definition) is 0. The number of alkyl halides is 1. The van der Waals surface area contributed by atoms with Gasteiger partial charge in [-0.1, -0.05) is 35.3 Å². The van der Waals surface area contributed by atoms with Crippen LogP contribution in [0.15, 0.2) is 30.6 Å². The molecule has 0 N–H and O–H groups in total. The minimum atomic E-state index is -0.314. The van der Waals surface area contributed by atoms with E-state index in [0.717, 1.165) is 11.3 Å². The summed E-state index contributed by atoms with van der Waals surface area (Å²) in [6, 6.07) is 7.14. The summed E-state index contributed by atoms with van der Waals surface area (Å²) in [5, 5.41) is 0.654. The lowest BCUT2D eigenvalue weighted by molar-refractivity contribution is 0.396. The zero-order valence-electron chi connectivity index (χ0n) is 10.1. The van der Waals surface area contributed by atoms with Crippen LogP contribution in [0.2, 0.25) is 10.0 Å². The molecule has 0 amide bonds. The fourth-order valence-corrected chi connectivity index (χ4v) is 2.49. The molecular formula is C13H11Cl3N2O. The second kappa shape index (κ2) is 6.42. The average molecular weight is 318 g/mol. The van der Waals surface area contributed by atoms with E-state index in [0.29, 0.717) is 22.3 Å². The van der Waals surface area contributed by atoms with Crippen LogP contribution in [0.1, 0.15) is 16.6 Å². The molecule has 3 nitrogen and oxygen atoms in total. The van der Waals surface area contributed by atoms with Crippen LogP contribution in [0.4, 0.5) is 0 Å². The molecule has 1 heterocycles. The van der Waals surface area contributed by atoms with Crippen LogP contribution in [0, 0.1) is 0 Å².